The van der Waals surface area contributed by atoms with Gasteiger partial charge >= 0.3 is 0 Å². The van der Waals surface area contributed by atoms with Gasteiger partial charge in [-0.2, -0.15) is 5.10 Å². The normalized spacial score (nSPS) is 11.0. The summed E-state index contributed by atoms with van der Waals surface area (Å²) < 4.78 is 14.9. The van der Waals surface area contributed by atoms with E-state index in [0.717, 1.165) is 23.0 Å². The van der Waals surface area contributed by atoms with Crippen LogP contribution >= 0.6 is 0 Å². The zero-order valence-corrected chi connectivity index (χ0v) is 12.5. The van der Waals surface area contributed by atoms with Crippen molar-refractivity contribution in [1.29, 1.82) is 0 Å². The van der Waals surface area contributed by atoms with Crippen LogP contribution in [0.25, 0.3) is 16.6 Å². The fourth-order valence-electron chi connectivity index (χ4n) is 2.81. The lowest BCUT2D eigenvalue weighted by atomic mass is 10.0. The third-order valence-electron chi connectivity index (χ3n) is 3.95. The molecule has 0 aliphatic heterocycles. The van der Waals surface area contributed by atoms with Crippen molar-refractivity contribution in [1.82, 2.24) is 9.78 Å². The van der Waals surface area contributed by atoms with Crippen LogP contribution in [0.1, 0.15) is 11.1 Å². The smallest absolute Gasteiger partial charge is 0.123 e. The van der Waals surface area contributed by atoms with Crippen LogP contribution in [0, 0.1) is 5.82 Å². The molecule has 2 nitrogen and oxygen atoms in total. The van der Waals surface area contributed by atoms with Crippen LogP contribution in [0.2, 0.25) is 0 Å². The van der Waals surface area contributed by atoms with Gasteiger partial charge in [-0.1, -0.05) is 36.4 Å². The number of nitrogens with zero attached hydrogens (tertiary/aromatic N) is 2. The molecule has 0 spiro atoms. The van der Waals surface area contributed by atoms with Crippen LogP contribution in [0.4, 0.5) is 4.39 Å². The Balaban J connectivity index is 1.70. The highest BCUT2D eigenvalue weighted by Gasteiger charge is 2.06. The van der Waals surface area contributed by atoms with Gasteiger partial charge in [-0.3, -0.25) is 0 Å². The van der Waals surface area contributed by atoms with Crippen LogP contribution < -0.4 is 0 Å². The summed E-state index contributed by atoms with van der Waals surface area (Å²) in [5.41, 5.74) is 4.42. The number of fused-ring (bicyclic) bond motifs is 1. The first-order valence-electron chi connectivity index (χ1n) is 7.56. The van der Waals surface area contributed by atoms with E-state index in [4.69, 9.17) is 0 Å². The Labute approximate surface area is 133 Å². The molecule has 3 aromatic carbocycles. The van der Waals surface area contributed by atoms with Crippen molar-refractivity contribution in [2.75, 3.05) is 0 Å². The van der Waals surface area contributed by atoms with Crippen molar-refractivity contribution in [2.45, 2.75) is 6.42 Å². The number of hydrogen-bond donors (Lipinski definition) is 0. The predicted octanol–water partition coefficient (Wildman–Crippen LogP) is 4.76. The second-order valence-corrected chi connectivity index (χ2v) is 5.59. The van der Waals surface area contributed by atoms with E-state index in [1.807, 2.05) is 16.9 Å². The SMILES string of the molecule is Fc1ccc(-n2ncc3cc(Cc4ccccc4)ccc32)cc1. The van der Waals surface area contributed by atoms with Gasteiger partial charge in [0.25, 0.3) is 0 Å². The Morgan fingerprint density at radius 3 is 2.39 bits per heavy atom. The second-order valence-electron chi connectivity index (χ2n) is 5.59. The third-order valence-corrected chi connectivity index (χ3v) is 3.95. The van der Waals surface area contributed by atoms with Crippen molar-refractivity contribution < 1.29 is 4.39 Å². The van der Waals surface area contributed by atoms with Crippen molar-refractivity contribution in [2.24, 2.45) is 0 Å². The molecule has 4 aromatic rings. The molecule has 0 saturated heterocycles. The van der Waals surface area contributed by atoms with Gasteiger partial charge < -0.3 is 0 Å². The van der Waals surface area contributed by atoms with E-state index in [9.17, 15) is 4.39 Å². The summed E-state index contributed by atoms with van der Waals surface area (Å²) in [4.78, 5) is 0. The largest absolute Gasteiger partial charge is 0.233 e. The predicted molar refractivity (Wildman–Crippen MR) is 90.3 cm³/mol. The van der Waals surface area contributed by atoms with Crippen LogP contribution in [-0.2, 0) is 6.42 Å². The molecule has 4 rings (SSSR count). The van der Waals surface area contributed by atoms with Gasteiger partial charge in [-0.15, -0.1) is 0 Å². The maximum Gasteiger partial charge on any atom is 0.123 e. The first-order valence-corrected chi connectivity index (χ1v) is 7.56. The minimum atomic E-state index is -0.240. The lowest BCUT2D eigenvalue weighted by Gasteiger charge is -2.05. The van der Waals surface area contributed by atoms with Crippen LogP contribution in [0.15, 0.2) is 79.0 Å². The zero-order valence-electron chi connectivity index (χ0n) is 12.5. The lowest BCUT2D eigenvalue weighted by Crippen LogP contribution is -1.96. The van der Waals surface area contributed by atoms with Gasteiger partial charge in [0.15, 0.2) is 0 Å². The van der Waals surface area contributed by atoms with Crippen molar-refractivity contribution >= 4 is 10.9 Å². The average Bonchev–Trinajstić information content (AvgIpc) is 3.00. The number of benzene rings is 3. The molecule has 0 aliphatic carbocycles. The first-order chi connectivity index (χ1) is 11.3. The molecule has 0 aliphatic rings. The molecule has 23 heavy (non-hydrogen) atoms. The molecular formula is C20H15FN2. The number of rotatable bonds is 3. The van der Waals surface area contributed by atoms with E-state index in [1.54, 1.807) is 12.1 Å². The van der Waals surface area contributed by atoms with E-state index in [1.165, 1.54) is 23.3 Å². The summed E-state index contributed by atoms with van der Waals surface area (Å²) in [5, 5.41) is 5.52. The molecule has 0 bridgehead atoms. The summed E-state index contributed by atoms with van der Waals surface area (Å²) in [7, 11) is 0. The fourth-order valence-corrected chi connectivity index (χ4v) is 2.81. The topological polar surface area (TPSA) is 17.8 Å². The lowest BCUT2D eigenvalue weighted by molar-refractivity contribution is 0.627. The Bertz CT molecular complexity index is 940. The van der Waals surface area contributed by atoms with Gasteiger partial charge in [0.2, 0.25) is 0 Å². The quantitative estimate of drug-likeness (QED) is 0.534. The van der Waals surface area contributed by atoms with E-state index in [2.05, 4.69) is 47.6 Å². The summed E-state index contributed by atoms with van der Waals surface area (Å²) in [5.74, 6) is -0.240. The molecule has 3 heteroatoms. The van der Waals surface area contributed by atoms with Crippen LogP contribution in [0.3, 0.4) is 0 Å². The number of hydrogen-bond acceptors (Lipinski definition) is 1. The van der Waals surface area contributed by atoms with E-state index in [0.29, 0.717) is 0 Å². The highest BCUT2D eigenvalue weighted by atomic mass is 19.1. The second kappa shape index (κ2) is 5.69. The molecule has 0 radical (unpaired) electrons. The third kappa shape index (κ3) is 2.73. The average molecular weight is 302 g/mol. The molecule has 1 heterocycles. The first kappa shape index (κ1) is 13.7. The van der Waals surface area contributed by atoms with Crippen molar-refractivity contribution in [3.63, 3.8) is 0 Å². The molecule has 0 saturated carbocycles. The van der Waals surface area contributed by atoms with Gasteiger partial charge in [-0.05, 0) is 53.9 Å². The summed E-state index contributed by atoms with van der Waals surface area (Å²) in [6.45, 7) is 0. The fraction of sp³-hybridized carbons (Fsp3) is 0.0500. The Morgan fingerprint density at radius 1 is 0.826 bits per heavy atom. The van der Waals surface area contributed by atoms with Gasteiger partial charge in [0, 0.05) is 5.39 Å². The number of aromatic nitrogens is 2. The van der Waals surface area contributed by atoms with Crippen molar-refractivity contribution in [3.05, 3.63) is 95.9 Å². The monoisotopic (exact) mass is 302 g/mol. The van der Waals surface area contributed by atoms with Crippen LogP contribution in [-0.4, -0.2) is 9.78 Å². The molecule has 0 N–H and O–H groups in total. The van der Waals surface area contributed by atoms with Crippen molar-refractivity contribution in [3.8, 4) is 5.69 Å². The van der Waals surface area contributed by atoms with E-state index >= 15 is 0 Å². The minimum Gasteiger partial charge on any atom is -0.233 e. The minimum absolute atomic E-state index is 0.240. The molecule has 0 fully saturated rings. The molecule has 0 atom stereocenters. The maximum absolute atomic E-state index is 13.1. The summed E-state index contributed by atoms with van der Waals surface area (Å²) in [6.07, 6.45) is 2.76. The van der Waals surface area contributed by atoms with Crippen LogP contribution in [0.5, 0.6) is 0 Å². The van der Waals surface area contributed by atoms with Gasteiger partial charge in [0.05, 0.1) is 17.4 Å². The molecule has 1 aromatic heterocycles. The highest BCUT2D eigenvalue weighted by molar-refractivity contribution is 5.81. The Kier molecular flexibility index (Phi) is 3.39. The summed E-state index contributed by atoms with van der Waals surface area (Å²) >= 11 is 0. The molecule has 112 valence electrons. The Morgan fingerprint density at radius 2 is 1.61 bits per heavy atom. The molecule has 0 unspecified atom stereocenters. The van der Waals surface area contributed by atoms with Gasteiger partial charge in [-0.25, -0.2) is 9.07 Å². The zero-order chi connectivity index (χ0) is 15.6. The van der Waals surface area contributed by atoms with E-state index in [-0.39, 0.29) is 5.82 Å². The maximum atomic E-state index is 13.1. The molecule has 0 amide bonds. The van der Waals surface area contributed by atoms with Gasteiger partial charge in [0.1, 0.15) is 5.82 Å². The molecular weight excluding hydrogens is 287 g/mol. The Hall–Kier alpha value is -2.94. The standard InChI is InChI=1S/C20H15FN2/c21-18-7-9-19(10-8-18)23-20-11-6-16(13-17(20)14-22-23)12-15-4-2-1-3-5-15/h1-11,13-14H,12H2. The number of halogens is 1. The highest BCUT2D eigenvalue weighted by Crippen LogP contribution is 2.21. The summed E-state index contributed by atoms with van der Waals surface area (Å²) in [6, 6.07) is 23.1. The van der Waals surface area contributed by atoms with E-state index < -0.39 is 0 Å².